The molecule has 1 aliphatic rings. The molecule has 1 saturated heterocycles. The Hall–Kier alpha value is -0.280. The monoisotopic (exact) mass is 258 g/mol. The van der Waals surface area contributed by atoms with Crippen molar-refractivity contribution in [2.75, 3.05) is 19.6 Å². The number of hydrogen-bond acceptors (Lipinski definition) is 2. The number of hydrogen-bond donors (Lipinski definition) is 1. The number of nitrogens with zero attached hydrogens (tertiary/aromatic N) is 1. The van der Waals surface area contributed by atoms with E-state index in [1.165, 1.54) is 0 Å². The largest absolute Gasteiger partial charge is 0.314 e. The van der Waals surface area contributed by atoms with E-state index in [9.17, 15) is 0 Å². The van der Waals surface area contributed by atoms with Crippen LogP contribution in [0.1, 0.15) is 12.5 Å². The van der Waals surface area contributed by atoms with Crippen molar-refractivity contribution in [3.8, 4) is 0 Å². The minimum Gasteiger partial charge on any atom is -0.314 e. The fourth-order valence-corrected chi connectivity index (χ4v) is 2.45. The van der Waals surface area contributed by atoms with Crippen molar-refractivity contribution in [3.63, 3.8) is 0 Å². The lowest BCUT2D eigenvalue weighted by molar-refractivity contribution is 0.165. The Balaban J connectivity index is 2.07. The third kappa shape index (κ3) is 2.89. The van der Waals surface area contributed by atoms with E-state index < -0.39 is 0 Å². The minimum absolute atomic E-state index is 0.556. The molecule has 0 spiro atoms. The molecule has 16 heavy (non-hydrogen) atoms. The Bertz CT molecular complexity index is 368. The predicted octanol–water partition coefficient (Wildman–Crippen LogP) is 2.79. The van der Waals surface area contributed by atoms with Gasteiger partial charge in [0.05, 0.1) is 0 Å². The summed E-state index contributed by atoms with van der Waals surface area (Å²) >= 11 is 12.1. The molecular weight excluding hydrogens is 243 g/mol. The molecule has 1 heterocycles. The van der Waals surface area contributed by atoms with Crippen molar-refractivity contribution in [2.45, 2.75) is 19.5 Å². The van der Waals surface area contributed by atoms with Gasteiger partial charge in [-0.05, 0) is 24.6 Å². The molecule has 88 valence electrons. The molecule has 1 N–H and O–H groups in total. The van der Waals surface area contributed by atoms with Gasteiger partial charge in [-0.15, -0.1) is 0 Å². The molecule has 0 aromatic heterocycles. The Morgan fingerprint density at radius 1 is 1.44 bits per heavy atom. The van der Waals surface area contributed by atoms with Crippen LogP contribution in [0.2, 0.25) is 10.0 Å². The highest BCUT2D eigenvalue weighted by Gasteiger charge is 2.18. The Morgan fingerprint density at radius 2 is 2.25 bits per heavy atom. The van der Waals surface area contributed by atoms with Crippen molar-refractivity contribution < 1.29 is 0 Å². The van der Waals surface area contributed by atoms with Gasteiger partial charge >= 0.3 is 0 Å². The first-order valence-corrected chi connectivity index (χ1v) is 6.31. The van der Waals surface area contributed by atoms with Crippen molar-refractivity contribution >= 4 is 23.2 Å². The lowest BCUT2D eigenvalue weighted by Crippen LogP contribution is -2.49. The highest BCUT2D eigenvalue weighted by Crippen LogP contribution is 2.23. The average Bonchev–Trinajstić information content (AvgIpc) is 2.25. The number of halogens is 2. The van der Waals surface area contributed by atoms with Gasteiger partial charge < -0.3 is 5.32 Å². The van der Waals surface area contributed by atoms with Crippen LogP contribution >= 0.6 is 23.2 Å². The normalized spacial score (nSPS) is 22.3. The highest BCUT2D eigenvalue weighted by atomic mass is 35.5. The summed E-state index contributed by atoms with van der Waals surface area (Å²) in [6, 6.07) is 6.28. The van der Waals surface area contributed by atoms with Crippen LogP contribution in [-0.4, -0.2) is 30.6 Å². The van der Waals surface area contributed by atoms with Crippen LogP contribution in [0.3, 0.4) is 0 Å². The maximum atomic E-state index is 6.17. The molecule has 1 fully saturated rings. The second-order valence-corrected chi connectivity index (χ2v) is 5.10. The summed E-state index contributed by atoms with van der Waals surface area (Å²) in [7, 11) is 0. The molecule has 1 aliphatic heterocycles. The third-order valence-electron chi connectivity index (χ3n) is 3.03. The van der Waals surface area contributed by atoms with Crippen LogP contribution in [0.25, 0.3) is 0 Å². The average molecular weight is 259 g/mol. The predicted molar refractivity (Wildman–Crippen MR) is 69.2 cm³/mol. The van der Waals surface area contributed by atoms with E-state index in [2.05, 4.69) is 17.1 Å². The number of rotatable bonds is 2. The first-order chi connectivity index (χ1) is 7.66. The second-order valence-electron chi connectivity index (χ2n) is 4.26. The van der Waals surface area contributed by atoms with Crippen LogP contribution in [-0.2, 0) is 6.54 Å². The summed E-state index contributed by atoms with van der Waals surface area (Å²) in [6.07, 6.45) is 0. The fraction of sp³-hybridized carbons (Fsp3) is 0.500. The molecule has 0 unspecified atom stereocenters. The van der Waals surface area contributed by atoms with Gasteiger partial charge in [-0.1, -0.05) is 29.3 Å². The van der Waals surface area contributed by atoms with Gasteiger partial charge in [-0.25, -0.2) is 0 Å². The van der Waals surface area contributed by atoms with Gasteiger partial charge in [-0.3, -0.25) is 4.90 Å². The molecule has 2 nitrogen and oxygen atoms in total. The van der Waals surface area contributed by atoms with Gasteiger partial charge in [0.1, 0.15) is 0 Å². The molecule has 1 aromatic rings. The van der Waals surface area contributed by atoms with E-state index in [4.69, 9.17) is 23.2 Å². The summed E-state index contributed by atoms with van der Waals surface area (Å²) in [5.41, 5.74) is 1.15. The maximum Gasteiger partial charge on any atom is 0.0465 e. The molecule has 0 amide bonds. The SMILES string of the molecule is C[C@@H]1CNCCN1Cc1ccc(Cl)cc1Cl. The number of piperazine rings is 1. The van der Waals surface area contributed by atoms with Crippen LogP contribution in [0.5, 0.6) is 0 Å². The lowest BCUT2D eigenvalue weighted by Gasteiger charge is -2.34. The topological polar surface area (TPSA) is 15.3 Å². The van der Waals surface area contributed by atoms with Crippen LogP contribution < -0.4 is 5.32 Å². The molecule has 1 atom stereocenters. The van der Waals surface area contributed by atoms with Gasteiger partial charge in [0, 0.05) is 42.3 Å². The van der Waals surface area contributed by atoms with Gasteiger partial charge in [0.15, 0.2) is 0 Å². The van der Waals surface area contributed by atoms with E-state index >= 15 is 0 Å². The molecule has 2 rings (SSSR count). The minimum atomic E-state index is 0.556. The second kappa shape index (κ2) is 5.37. The summed E-state index contributed by atoms with van der Waals surface area (Å²) in [5.74, 6) is 0. The smallest absolute Gasteiger partial charge is 0.0465 e. The zero-order valence-corrected chi connectivity index (χ0v) is 10.9. The van der Waals surface area contributed by atoms with E-state index in [-0.39, 0.29) is 0 Å². The molecule has 0 aliphatic carbocycles. The first kappa shape index (κ1) is 12.2. The molecule has 0 saturated carbocycles. The number of nitrogens with one attached hydrogen (secondary N) is 1. The van der Waals surface area contributed by atoms with Crippen molar-refractivity contribution in [1.82, 2.24) is 10.2 Å². The van der Waals surface area contributed by atoms with Crippen LogP contribution in [0.4, 0.5) is 0 Å². The summed E-state index contributed by atoms with van der Waals surface area (Å²) in [6.45, 7) is 6.30. The molecular formula is C12H16Cl2N2. The first-order valence-electron chi connectivity index (χ1n) is 5.55. The highest BCUT2D eigenvalue weighted by molar-refractivity contribution is 6.35. The maximum absolute atomic E-state index is 6.17. The van der Waals surface area contributed by atoms with Gasteiger partial charge in [0.25, 0.3) is 0 Å². The van der Waals surface area contributed by atoms with E-state index in [0.717, 1.165) is 36.8 Å². The Labute approximate surface area is 107 Å². The van der Waals surface area contributed by atoms with Crippen molar-refractivity contribution in [2.24, 2.45) is 0 Å². The third-order valence-corrected chi connectivity index (χ3v) is 3.61. The van der Waals surface area contributed by atoms with Crippen LogP contribution in [0.15, 0.2) is 18.2 Å². The lowest BCUT2D eigenvalue weighted by atomic mass is 10.1. The fourth-order valence-electron chi connectivity index (χ4n) is 1.99. The molecule has 0 radical (unpaired) electrons. The van der Waals surface area contributed by atoms with E-state index in [1.54, 1.807) is 0 Å². The van der Waals surface area contributed by atoms with Gasteiger partial charge in [0.2, 0.25) is 0 Å². The quantitative estimate of drug-likeness (QED) is 0.878. The zero-order valence-electron chi connectivity index (χ0n) is 9.34. The van der Waals surface area contributed by atoms with Crippen molar-refractivity contribution in [1.29, 1.82) is 0 Å². The van der Waals surface area contributed by atoms with Crippen molar-refractivity contribution in [3.05, 3.63) is 33.8 Å². The van der Waals surface area contributed by atoms with E-state index in [0.29, 0.717) is 11.1 Å². The summed E-state index contributed by atoms with van der Waals surface area (Å²) < 4.78 is 0. The summed E-state index contributed by atoms with van der Waals surface area (Å²) in [5, 5.41) is 4.84. The standard InChI is InChI=1S/C12H16Cl2N2/c1-9-7-15-4-5-16(9)8-10-2-3-11(13)6-12(10)14/h2-3,6,9,15H,4-5,7-8H2,1H3/t9-/m1/s1. The molecule has 1 aromatic carbocycles. The number of benzene rings is 1. The Morgan fingerprint density at radius 3 is 2.94 bits per heavy atom. The zero-order chi connectivity index (χ0) is 11.5. The van der Waals surface area contributed by atoms with Gasteiger partial charge in [-0.2, -0.15) is 0 Å². The molecule has 0 bridgehead atoms. The van der Waals surface area contributed by atoms with E-state index in [1.807, 2.05) is 18.2 Å². The summed E-state index contributed by atoms with van der Waals surface area (Å²) in [4.78, 5) is 2.44. The Kier molecular flexibility index (Phi) is 4.09. The molecule has 4 heteroatoms. The van der Waals surface area contributed by atoms with Crippen LogP contribution in [0, 0.1) is 0 Å².